The molecule has 0 aliphatic carbocycles. The molecule has 3 aromatic rings. The second kappa shape index (κ2) is 9.27. The highest BCUT2D eigenvalue weighted by Crippen LogP contribution is 2.35. The Morgan fingerprint density at radius 1 is 1.12 bits per heavy atom. The lowest BCUT2D eigenvalue weighted by Crippen LogP contribution is -3.15. The number of fused-ring (bicyclic) bond motifs is 1. The second-order valence-corrected chi connectivity index (χ2v) is 7.66. The van der Waals surface area contributed by atoms with Gasteiger partial charge in [0.25, 0.3) is 5.91 Å². The third-order valence-electron chi connectivity index (χ3n) is 5.73. The summed E-state index contributed by atoms with van der Waals surface area (Å²) in [4.78, 5) is 31.3. The topological polar surface area (TPSA) is 88.1 Å². The van der Waals surface area contributed by atoms with Crippen molar-refractivity contribution >= 4 is 34.2 Å². The number of benzene rings is 2. The van der Waals surface area contributed by atoms with Gasteiger partial charge in [0.1, 0.15) is 17.3 Å². The van der Waals surface area contributed by atoms with Gasteiger partial charge >= 0.3 is 5.97 Å². The number of methoxy groups -OCH3 is 2. The number of carbonyl (C=O) groups excluding carboxylic acids is 2. The number of esters is 1. The van der Waals surface area contributed by atoms with E-state index in [1.807, 2.05) is 11.0 Å². The number of halogens is 1. The van der Waals surface area contributed by atoms with Crippen LogP contribution in [0.3, 0.4) is 0 Å². The molecule has 3 N–H and O–H groups in total. The molecule has 0 radical (unpaired) electrons. The van der Waals surface area contributed by atoms with Crippen molar-refractivity contribution in [2.24, 2.45) is 0 Å². The maximum atomic E-state index is 14.1. The zero-order valence-corrected chi connectivity index (χ0v) is 18.0. The number of aromatic amines is 1. The van der Waals surface area contributed by atoms with Gasteiger partial charge in [-0.25, -0.2) is 9.18 Å². The highest BCUT2D eigenvalue weighted by Gasteiger charge is 2.26. The maximum absolute atomic E-state index is 14.1. The summed E-state index contributed by atoms with van der Waals surface area (Å²) in [6.45, 7) is 2.93. The SMILES string of the molecule is COC(=O)c1[nH]c2cccc(OC)c2c1NC(=O)C[NH+]1CCN(c2ccccc2F)CC1. The van der Waals surface area contributed by atoms with Crippen molar-refractivity contribution in [3.05, 3.63) is 54.0 Å². The van der Waals surface area contributed by atoms with E-state index in [-0.39, 0.29) is 24.0 Å². The minimum absolute atomic E-state index is 0.166. The van der Waals surface area contributed by atoms with Crippen molar-refractivity contribution in [1.29, 1.82) is 0 Å². The summed E-state index contributed by atoms with van der Waals surface area (Å²) >= 11 is 0. The molecule has 32 heavy (non-hydrogen) atoms. The largest absolute Gasteiger partial charge is 0.496 e. The lowest BCUT2D eigenvalue weighted by molar-refractivity contribution is -0.892. The average Bonchev–Trinajstić information content (AvgIpc) is 3.18. The van der Waals surface area contributed by atoms with Crippen LogP contribution in [0.15, 0.2) is 42.5 Å². The first-order chi connectivity index (χ1) is 15.5. The number of carbonyl (C=O) groups is 2. The van der Waals surface area contributed by atoms with Crippen LogP contribution in [0, 0.1) is 5.82 Å². The van der Waals surface area contributed by atoms with Gasteiger partial charge in [-0.05, 0) is 24.3 Å². The fraction of sp³-hybridized carbons (Fsp3) is 0.304. The van der Waals surface area contributed by atoms with Crippen LogP contribution in [0.5, 0.6) is 5.75 Å². The predicted octanol–water partition coefficient (Wildman–Crippen LogP) is 1.45. The Balaban J connectivity index is 1.47. The highest BCUT2D eigenvalue weighted by molar-refractivity contribution is 6.13. The lowest BCUT2D eigenvalue weighted by Gasteiger charge is -2.33. The van der Waals surface area contributed by atoms with Crippen LogP contribution in [0.4, 0.5) is 15.8 Å². The third kappa shape index (κ3) is 4.24. The van der Waals surface area contributed by atoms with E-state index in [4.69, 9.17) is 9.47 Å². The molecule has 0 saturated carbocycles. The number of H-pyrrole nitrogens is 1. The van der Waals surface area contributed by atoms with Gasteiger partial charge < -0.3 is 29.6 Å². The molecule has 0 atom stereocenters. The van der Waals surface area contributed by atoms with Crippen LogP contribution in [-0.2, 0) is 9.53 Å². The van der Waals surface area contributed by atoms with Crippen molar-refractivity contribution in [2.45, 2.75) is 0 Å². The molecule has 1 saturated heterocycles. The molecular weight excluding hydrogens is 415 g/mol. The Kier molecular flexibility index (Phi) is 6.27. The molecule has 4 rings (SSSR count). The summed E-state index contributed by atoms with van der Waals surface area (Å²) in [6.07, 6.45) is 0. The summed E-state index contributed by atoms with van der Waals surface area (Å²) in [6, 6.07) is 12.1. The summed E-state index contributed by atoms with van der Waals surface area (Å²) < 4.78 is 24.3. The van der Waals surface area contributed by atoms with Gasteiger partial charge in [-0.15, -0.1) is 0 Å². The van der Waals surface area contributed by atoms with Gasteiger partial charge in [0.05, 0.1) is 62.7 Å². The zero-order chi connectivity index (χ0) is 22.7. The van der Waals surface area contributed by atoms with Gasteiger partial charge in [0, 0.05) is 0 Å². The van der Waals surface area contributed by atoms with Crippen LogP contribution in [0.25, 0.3) is 10.9 Å². The van der Waals surface area contributed by atoms with E-state index in [1.165, 1.54) is 20.3 Å². The number of hydrogen-bond acceptors (Lipinski definition) is 5. The Labute approximate surface area is 184 Å². The summed E-state index contributed by atoms with van der Waals surface area (Å²) in [5.74, 6) is -0.506. The number of rotatable bonds is 6. The van der Waals surface area contributed by atoms with Crippen LogP contribution in [0.2, 0.25) is 0 Å². The molecule has 1 amide bonds. The minimum Gasteiger partial charge on any atom is -0.496 e. The van der Waals surface area contributed by atoms with E-state index in [1.54, 1.807) is 30.3 Å². The van der Waals surface area contributed by atoms with E-state index >= 15 is 0 Å². The molecule has 1 fully saturated rings. The Morgan fingerprint density at radius 2 is 1.88 bits per heavy atom. The van der Waals surface area contributed by atoms with E-state index in [9.17, 15) is 14.0 Å². The van der Waals surface area contributed by atoms with E-state index in [0.29, 0.717) is 54.2 Å². The number of hydrogen-bond donors (Lipinski definition) is 3. The van der Waals surface area contributed by atoms with Crippen LogP contribution in [-0.4, -0.2) is 63.8 Å². The molecule has 8 nitrogen and oxygen atoms in total. The smallest absolute Gasteiger partial charge is 0.356 e. The van der Waals surface area contributed by atoms with E-state index in [2.05, 4.69) is 10.3 Å². The van der Waals surface area contributed by atoms with E-state index < -0.39 is 5.97 Å². The molecule has 1 aliphatic rings. The van der Waals surface area contributed by atoms with Gasteiger partial charge in [-0.2, -0.15) is 0 Å². The molecule has 0 spiro atoms. The summed E-state index contributed by atoms with van der Waals surface area (Å²) in [7, 11) is 2.82. The Bertz CT molecular complexity index is 1140. The molecule has 1 aromatic heterocycles. The molecule has 0 unspecified atom stereocenters. The number of amides is 1. The predicted molar refractivity (Wildman–Crippen MR) is 119 cm³/mol. The second-order valence-electron chi connectivity index (χ2n) is 7.66. The fourth-order valence-corrected chi connectivity index (χ4v) is 4.13. The number of ether oxygens (including phenoxy) is 2. The number of para-hydroxylation sites is 1. The van der Waals surface area contributed by atoms with Crippen molar-refractivity contribution < 1.29 is 28.4 Å². The summed E-state index contributed by atoms with van der Waals surface area (Å²) in [5.41, 5.74) is 1.76. The van der Waals surface area contributed by atoms with Crippen molar-refractivity contribution in [3.8, 4) is 5.75 Å². The standard InChI is InChI=1S/C23H25FN4O4/c1-31-18-9-5-7-16-20(18)21(22(25-16)23(30)32-2)26-19(29)14-27-10-12-28(13-11-27)17-8-4-3-6-15(17)24/h3-9,25H,10-14H2,1-2H3,(H,26,29)/p+1. The summed E-state index contributed by atoms with van der Waals surface area (Å²) in [5, 5.41) is 3.49. The first-order valence-corrected chi connectivity index (χ1v) is 10.4. The van der Waals surface area contributed by atoms with Crippen LogP contribution < -0.4 is 19.9 Å². The molecule has 2 aromatic carbocycles. The Morgan fingerprint density at radius 3 is 2.56 bits per heavy atom. The van der Waals surface area contributed by atoms with Gasteiger partial charge in [-0.1, -0.05) is 18.2 Å². The first-order valence-electron chi connectivity index (χ1n) is 10.4. The number of anilines is 2. The monoisotopic (exact) mass is 441 g/mol. The first kappa shape index (κ1) is 21.6. The third-order valence-corrected chi connectivity index (χ3v) is 5.73. The van der Waals surface area contributed by atoms with Crippen molar-refractivity contribution in [1.82, 2.24) is 4.98 Å². The molecule has 1 aliphatic heterocycles. The lowest BCUT2D eigenvalue weighted by atomic mass is 10.2. The van der Waals surface area contributed by atoms with E-state index in [0.717, 1.165) is 4.90 Å². The quantitative estimate of drug-likeness (QED) is 0.504. The van der Waals surface area contributed by atoms with Crippen molar-refractivity contribution in [2.75, 3.05) is 57.2 Å². The zero-order valence-electron chi connectivity index (χ0n) is 18.0. The number of quaternary nitrogens is 1. The van der Waals surface area contributed by atoms with Gasteiger partial charge in [-0.3, -0.25) is 4.79 Å². The average molecular weight is 441 g/mol. The number of piperazine rings is 1. The van der Waals surface area contributed by atoms with Gasteiger partial charge in [0.2, 0.25) is 0 Å². The fourth-order valence-electron chi connectivity index (χ4n) is 4.13. The van der Waals surface area contributed by atoms with Crippen molar-refractivity contribution in [3.63, 3.8) is 0 Å². The molecular formula is C23H26FN4O4+. The number of nitrogens with zero attached hydrogens (tertiary/aromatic N) is 1. The Hall–Kier alpha value is -3.59. The normalized spacial score (nSPS) is 14.4. The minimum atomic E-state index is -0.579. The maximum Gasteiger partial charge on any atom is 0.356 e. The molecule has 2 heterocycles. The van der Waals surface area contributed by atoms with Crippen LogP contribution in [0.1, 0.15) is 10.5 Å². The van der Waals surface area contributed by atoms with Gasteiger partial charge in [0.15, 0.2) is 6.54 Å². The molecule has 168 valence electrons. The number of nitrogens with one attached hydrogen (secondary N) is 3. The highest BCUT2D eigenvalue weighted by atomic mass is 19.1. The number of aromatic nitrogens is 1. The molecule has 0 bridgehead atoms. The van der Waals surface area contributed by atoms with Crippen LogP contribution >= 0.6 is 0 Å². The molecule has 9 heteroatoms.